The molecule has 0 fully saturated rings. The molecule has 0 amide bonds. The number of hydrogen-bond acceptors (Lipinski definition) is 3. The Morgan fingerprint density at radius 2 is 2.16 bits per heavy atom. The van der Waals surface area contributed by atoms with E-state index in [4.69, 9.17) is 4.74 Å². The number of rotatable bonds is 5. The number of ether oxygens (including phenoxy) is 1. The second-order valence-electron chi connectivity index (χ2n) is 4.44. The monoisotopic (exact) mass is 258 g/mol. The van der Waals surface area contributed by atoms with Crippen LogP contribution in [0.3, 0.4) is 0 Å². The van der Waals surface area contributed by atoms with Crippen molar-refractivity contribution in [1.29, 1.82) is 0 Å². The van der Waals surface area contributed by atoms with E-state index in [9.17, 15) is 4.79 Å². The normalized spacial score (nSPS) is 10.4. The highest BCUT2D eigenvalue weighted by Gasteiger charge is 1.99. The molecule has 0 aliphatic rings. The zero-order valence-electron chi connectivity index (χ0n) is 11.3. The van der Waals surface area contributed by atoms with Gasteiger partial charge in [-0.05, 0) is 36.6 Å². The quantitative estimate of drug-likeness (QED) is 0.825. The topological polar surface area (TPSA) is 44.1 Å². The van der Waals surface area contributed by atoms with Gasteiger partial charge in [-0.3, -0.25) is 4.79 Å². The van der Waals surface area contributed by atoms with Crippen molar-refractivity contribution in [2.24, 2.45) is 0 Å². The van der Waals surface area contributed by atoms with E-state index in [1.54, 1.807) is 12.3 Å². The van der Waals surface area contributed by atoms with Crippen LogP contribution in [0, 0.1) is 6.92 Å². The maximum absolute atomic E-state index is 11.6. The Hall–Kier alpha value is -2.10. The molecule has 0 atom stereocenters. The fourth-order valence-corrected chi connectivity index (χ4v) is 1.80. The largest absolute Gasteiger partial charge is 0.492 e. The van der Waals surface area contributed by atoms with Crippen LogP contribution in [0.2, 0.25) is 0 Å². The molecule has 4 nitrogen and oxygen atoms in total. The summed E-state index contributed by atoms with van der Waals surface area (Å²) in [5, 5.41) is 4.07. The molecular weight excluding hydrogens is 240 g/mol. The van der Waals surface area contributed by atoms with Gasteiger partial charge in [-0.2, -0.15) is 5.10 Å². The van der Waals surface area contributed by atoms with Gasteiger partial charge < -0.3 is 4.74 Å². The van der Waals surface area contributed by atoms with Crippen LogP contribution in [-0.2, 0) is 13.0 Å². The third kappa shape index (κ3) is 3.68. The highest BCUT2D eigenvalue weighted by atomic mass is 16.5. The molecule has 0 aliphatic carbocycles. The number of nitrogens with zero attached hydrogens (tertiary/aromatic N) is 2. The second kappa shape index (κ2) is 6.18. The van der Waals surface area contributed by atoms with E-state index in [-0.39, 0.29) is 5.56 Å². The minimum absolute atomic E-state index is 0.0918. The first-order valence-electron chi connectivity index (χ1n) is 6.44. The van der Waals surface area contributed by atoms with Gasteiger partial charge in [0.05, 0.1) is 12.7 Å². The highest BCUT2D eigenvalue weighted by Crippen LogP contribution is 2.13. The number of benzene rings is 1. The molecular formula is C15H18N2O2. The molecule has 100 valence electrons. The number of aryl methyl sites for hydroxylation is 2. The SMILES string of the molecule is CCc1cccc(OCCn2ncc(C)cc2=O)c1. The van der Waals surface area contributed by atoms with Crippen molar-refractivity contribution >= 4 is 0 Å². The lowest BCUT2D eigenvalue weighted by Crippen LogP contribution is -2.25. The van der Waals surface area contributed by atoms with Crippen molar-refractivity contribution in [2.45, 2.75) is 26.8 Å². The molecule has 19 heavy (non-hydrogen) atoms. The highest BCUT2D eigenvalue weighted by molar-refractivity contribution is 5.28. The van der Waals surface area contributed by atoms with Crippen LogP contribution >= 0.6 is 0 Å². The molecule has 1 aromatic carbocycles. The zero-order valence-corrected chi connectivity index (χ0v) is 11.3. The summed E-state index contributed by atoms with van der Waals surface area (Å²) in [6.45, 7) is 4.85. The van der Waals surface area contributed by atoms with Crippen molar-refractivity contribution in [1.82, 2.24) is 9.78 Å². The molecule has 0 N–H and O–H groups in total. The van der Waals surface area contributed by atoms with Crippen molar-refractivity contribution in [2.75, 3.05) is 6.61 Å². The lowest BCUT2D eigenvalue weighted by molar-refractivity contribution is 0.287. The van der Waals surface area contributed by atoms with E-state index in [2.05, 4.69) is 18.1 Å². The van der Waals surface area contributed by atoms with E-state index in [0.29, 0.717) is 13.2 Å². The third-order valence-corrected chi connectivity index (χ3v) is 2.88. The average Bonchev–Trinajstić information content (AvgIpc) is 2.41. The zero-order chi connectivity index (χ0) is 13.7. The first-order valence-corrected chi connectivity index (χ1v) is 6.44. The summed E-state index contributed by atoms with van der Waals surface area (Å²) < 4.78 is 7.05. The molecule has 0 bridgehead atoms. The predicted octanol–water partition coefficient (Wildman–Crippen LogP) is 2.19. The maximum atomic E-state index is 11.6. The maximum Gasteiger partial charge on any atom is 0.267 e. The standard InChI is InChI=1S/C15H18N2O2/c1-3-13-5-4-6-14(10-13)19-8-7-17-15(18)9-12(2)11-16-17/h4-6,9-11H,3,7-8H2,1-2H3. The van der Waals surface area contributed by atoms with E-state index in [0.717, 1.165) is 17.7 Å². The Bertz CT molecular complexity index is 605. The van der Waals surface area contributed by atoms with E-state index >= 15 is 0 Å². The first kappa shape index (κ1) is 13.3. The van der Waals surface area contributed by atoms with Crippen molar-refractivity contribution in [3.63, 3.8) is 0 Å². The lowest BCUT2D eigenvalue weighted by Gasteiger charge is -2.08. The second-order valence-corrected chi connectivity index (χ2v) is 4.44. The van der Waals surface area contributed by atoms with Crippen molar-refractivity contribution < 1.29 is 4.74 Å². The molecule has 0 saturated carbocycles. The first-order chi connectivity index (χ1) is 9.19. The van der Waals surface area contributed by atoms with E-state index in [1.165, 1.54) is 10.2 Å². The van der Waals surface area contributed by atoms with Gasteiger partial charge in [-0.15, -0.1) is 0 Å². The Balaban J connectivity index is 1.94. The van der Waals surface area contributed by atoms with Gasteiger partial charge in [-0.25, -0.2) is 4.68 Å². The van der Waals surface area contributed by atoms with Crippen molar-refractivity contribution in [3.8, 4) is 5.75 Å². The third-order valence-electron chi connectivity index (χ3n) is 2.88. The van der Waals surface area contributed by atoms with Crippen LogP contribution in [0.1, 0.15) is 18.1 Å². The summed E-state index contributed by atoms with van der Waals surface area (Å²) >= 11 is 0. The molecule has 0 radical (unpaired) electrons. The molecule has 1 heterocycles. The molecule has 0 spiro atoms. The molecule has 4 heteroatoms. The summed E-state index contributed by atoms with van der Waals surface area (Å²) in [4.78, 5) is 11.6. The van der Waals surface area contributed by atoms with Crippen LogP contribution in [0.15, 0.2) is 41.3 Å². The van der Waals surface area contributed by atoms with Gasteiger partial charge in [0.2, 0.25) is 0 Å². The van der Waals surface area contributed by atoms with Gasteiger partial charge in [0.25, 0.3) is 5.56 Å². The van der Waals surface area contributed by atoms with E-state index < -0.39 is 0 Å². The van der Waals surface area contributed by atoms with Crippen LogP contribution in [-0.4, -0.2) is 16.4 Å². The lowest BCUT2D eigenvalue weighted by atomic mass is 10.2. The van der Waals surface area contributed by atoms with Gasteiger partial charge in [0, 0.05) is 6.07 Å². The average molecular weight is 258 g/mol. The molecule has 1 aromatic heterocycles. The summed E-state index contributed by atoms with van der Waals surface area (Å²) in [6, 6.07) is 9.56. The predicted molar refractivity (Wildman–Crippen MR) is 74.5 cm³/mol. The smallest absolute Gasteiger partial charge is 0.267 e. The van der Waals surface area contributed by atoms with Crippen LogP contribution in [0.5, 0.6) is 5.75 Å². The molecule has 2 aromatic rings. The van der Waals surface area contributed by atoms with Gasteiger partial charge in [0.15, 0.2) is 0 Å². The molecule has 0 unspecified atom stereocenters. The minimum atomic E-state index is -0.0918. The Morgan fingerprint density at radius 1 is 1.32 bits per heavy atom. The van der Waals surface area contributed by atoms with Crippen LogP contribution < -0.4 is 10.3 Å². The summed E-state index contributed by atoms with van der Waals surface area (Å²) in [6.07, 6.45) is 2.66. The fourth-order valence-electron chi connectivity index (χ4n) is 1.80. The van der Waals surface area contributed by atoms with Gasteiger partial charge in [0.1, 0.15) is 12.4 Å². The number of aromatic nitrogens is 2. The number of hydrogen-bond donors (Lipinski definition) is 0. The van der Waals surface area contributed by atoms with Crippen LogP contribution in [0.4, 0.5) is 0 Å². The van der Waals surface area contributed by atoms with Crippen molar-refractivity contribution in [3.05, 3.63) is 58.0 Å². The summed E-state index contributed by atoms with van der Waals surface area (Å²) in [5.41, 5.74) is 2.02. The summed E-state index contributed by atoms with van der Waals surface area (Å²) in [5.74, 6) is 0.833. The van der Waals surface area contributed by atoms with Gasteiger partial charge >= 0.3 is 0 Å². The Labute approximate surface area is 112 Å². The Morgan fingerprint density at radius 3 is 2.89 bits per heavy atom. The minimum Gasteiger partial charge on any atom is -0.492 e. The fraction of sp³-hybridized carbons (Fsp3) is 0.333. The summed E-state index contributed by atoms with van der Waals surface area (Å²) in [7, 11) is 0. The Kier molecular flexibility index (Phi) is 4.34. The molecule has 2 rings (SSSR count). The van der Waals surface area contributed by atoms with Crippen LogP contribution in [0.25, 0.3) is 0 Å². The van der Waals surface area contributed by atoms with E-state index in [1.807, 2.05) is 25.1 Å². The van der Waals surface area contributed by atoms with Gasteiger partial charge in [-0.1, -0.05) is 19.1 Å². The molecule has 0 aliphatic heterocycles. The molecule has 0 saturated heterocycles.